The summed E-state index contributed by atoms with van der Waals surface area (Å²) in [6.45, 7) is 0. The fourth-order valence-electron chi connectivity index (χ4n) is 1.21. The van der Waals surface area contributed by atoms with E-state index in [4.69, 9.17) is 5.11 Å². The number of hydrogen-bond acceptors (Lipinski definition) is 2. The third kappa shape index (κ3) is 3.24. The molecule has 0 aromatic heterocycles. The van der Waals surface area contributed by atoms with Crippen LogP contribution in [0.5, 0.6) is 0 Å². The summed E-state index contributed by atoms with van der Waals surface area (Å²) >= 11 is 2.80. The van der Waals surface area contributed by atoms with Crippen molar-refractivity contribution in [3.05, 3.63) is 33.8 Å². The molecule has 0 bridgehead atoms. The summed E-state index contributed by atoms with van der Waals surface area (Å²) in [7, 11) is 0. The fourth-order valence-corrected chi connectivity index (χ4v) is 1.52. The van der Waals surface area contributed by atoms with Crippen LogP contribution in [0.15, 0.2) is 16.6 Å². The van der Waals surface area contributed by atoms with Gasteiger partial charge in [-0.05, 0) is 34.5 Å². The second kappa shape index (κ2) is 5.36. The molecule has 1 aromatic carbocycles. The Hall–Kier alpha value is -1.01. The zero-order valence-corrected chi connectivity index (χ0v) is 9.67. The molecule has 0 heterocycles. The van der Waals surface area contributed by atoms with Gasteiger partial charge in [-0.2, -0.15) is 0 Å². The van der Waals surface area contributed by atoms with Crippen molar-refractivity contribution in [1.29, 1.82) is 0 Å². The number of carboxylic acid groups (broad SMARTS) is 1. The van der Waals surface area contributed by atoms with Gasteiger partial charge in [-0.15, -0.1) is 0 Å². The average Bonchev–Trinajstić information content (AvgIpc) is 2.20. The van der Waals surface area contributed by atoms with Crippen LogP contribution in [-0.2, 0) is 4.79 Å². The molecule has 0 aliphatic heterocycles. The van der Waals surface area contributed by atoms with E-state index in [-0.39, 0.29) is 22.9 Å². The molecule has 2 N–H and O–H groups in total. The summed E-state index contributed by atoms with van der Waals surface area (Å²) in [5.74, 6) is -2.58. The highest BCUT2D eigenvalue weighted by atomic mass is 79.9. The first-order valence-electron chi connectivity index (χ1n) is 4.46. The van der Waals surface area contributed by atoms with Gasteiger partial charge >= 0.3 is 5.97 Å². The van der Waals surface area contributed by atoms with Crippen LogP contribution >= 0.6 is 15.9 Å². The second-order valence-corrected chi connectivity index (χ2v) is 4.09. The molecule has 3 nitrogen and oxygen atoms in total. The average molecular weight is 295 g/mol. The van der Waals surface area contributed by atoms with Gasteiger partial charge in [0.15, 0.2) is 0 Å². The highest BCUT2D eigenvalue weighted by molar-refractivity contribution is 9.10. The van der Waals surface area contributed by atoms with Gasteiger partial charge in [-0.25, -0.2) is 8.78 Å². The minimum atomic E-state index is -1.32. The highest BCUT2D eigenvalue weighted by Gasteiger charge is 2.16. The quantitative estimate of drug-likeness (QED) is 0.840. The van der Waals surface area contributed by atoms with Crippen LogP contribution in [0.25, 0.3) is 0 Å². The van der Waals surface area contributed by atoms with Crippen molar-refractivity contribution in [2.24, 2.45) is 0 Å². The number of aliphatic hydroxyl groups is 1. The molecule has 16 heavy (non-hydrogen) atoms. The largest absolute Gasteiger partial charge is 0.481 e. The van der Waals surface area contributed by atoms with E-state index in [0.29, 0.717) is 0 Å². The Balaban J connectivity index is 2.86. The standard InChI is InChI=1S/C10H9BrF2O3/c11-6-4-7(12)5(3-8(6)13)9(14)1-2-10(15)16/h3-4,9,14H,1-2H2,(H,15,16). The Morgan fingerprint density at radius 3 is 2.56 bits per heavy atom. The van der Waals surface area contributed by atoms with Gasteiger partial charge in [0.05, 0.1) is 10.6 Å². The minimum Gasteiger partial charge on any atom is -0.481 e. The Morgan fingerprint density at radius 1 is 1.38 bits per heavy atom. The first-order chi connectivity index (χ1) is 7.41. The van der Waals surface area contributed by atoms with Gasteiger partial charge in [-0.1, -0.05) is 0 Å². The number of aliphatic carboxylic acids is 1. The molecular weight excluding hydrogens is 286 g/mol. The number of carbonyl (C=O) groups is 1. The van der Waals surface area contributed by atoms with E-state index in [1.807, 2.05) is 0 Å². The van der Waals surface area contributed by atoms with Crippen molar-refractivity contribution in [2.45, 2.75) is 18.9 Å². The summed E-state index contributed by atoms with van der Waals surface area (Å²) in [6.07, 6.45) is -1.79. The van der Waals surface area contributed by atoms with E-state index in [1.54, 1.807) is 0 Å². The lowest BCUT2D eigenvalue weighted by molar-refractivity contribution is -0.137. The van der Waals surface area contributed by atoms with Crippen molar-refractivity contribution in [2.75, 3.05) is 0 Å². The molecule has 1 unspecified atom stereocenters. The van der Waals surface area contributed by atoms with Crippen LogP contribution in [0, 0.1) is 11.6 Å². The number of aliphatic hydroxyl groups excluding tert-OH is 1. The van der Waals surface area contributed by atoms with E-state index >= 15 is 0 Å². The lowest BCUT2D eigenvalue weighted by atomic mass is 10.0. The number of hydrogen-bond donors (Lipinski definition) is 2. The number of benzene rings is 1. The molecule has 0 aliphatic rings. The van der Waals surface area contributed by atoms with Crippen LogP contribution in [0.3, 0.4) is 0 Å². The minimum absolute atomic E-state index is 0.0424. The highest BCUT2D eigenvalue weighted by Crippen LogP contribution is 2.26. The molecular formula is C10H9BrF2O3. The van der Waals surface area contributed by atoms with Gasteiger partial charge in [0.1, 0.15) is 11.6 Å². The second-order valence-electron chi connectivity index (χ2n) is 3.24. The van der Waals surface area contributed by atoms with Gasteiger partial charge in [0, 0.05) is 12.0 Å². The van der Waals surface area contributed by atoms with E-state index in [1.165, 1.54) is 0 Å². The summed E-state index contributed by atoms with van der Waals surface area (Å²) < 4.78 is 26.3. The van der Waals surface area contributed by atoms with E-state index in [2.05, 4.69) is 15.9 Å². The van der Waals surface area contributed by atoms with Crippen molar-refractivity contribution in [3.8, 4) is 0 Å². The normalized spacial score (nSPS) is 12.5. The van der Waals surface area contributed by atoms with Crippen molar-refractivity contribution < 1.29 is 23.8 Å². The monoisotopic (exact) mass is 294 g/mol. The molecule has 88 valence electrons. The van der Waals surface area contributed by atoms with Crippen LogP contribution in [-0.4, -0.2) is 16.2 Å². The Labute approximate surface area is 98.8 Å². The summed E-state index contributed by atoms with van der Waals surface area (Å²) in [4.78, 5) is 10.3. The Bertz CT molecular complexity index is 409. The van der Waals surface area contributed by atoms with Gasteiger partial charge < -0.3 is 10.2 Å². The van der Waals surface area contributed by atoms with Crippen LogP contribution in [0.2, 0.25) is 0 Å². The smallest absolute Gasteiger partial charge is 0.303 e. The Kier molecular flexibility index (Phi) is 4.37. The van der Waals surface area contributed by atoms with E-state index < -0.39 is 23.7 Å². The van der Waals surface area contributed by atoms with Crippen LogP contribution < -0.4 is 0 Å². The molecule has 0 fully saturated rings. The maximum atomic E-state index is 13.3. The molecule has 1 aromatic rings. The molecule has 1 rings (SSSR count). The van der Waals surface area contributed by atoms with Crippen molar-refractivity contribution >= 4 is 21.9 Å². The van der Waals surface area contributed by atoms with Crippen LogP contribution in [0.1, 0.15) is 24.5 Å². The fraction of sp³-hybridized carbons (Fsp3) is 0.300. The molecule has 0 radical (unpaired) electrons. The first-order valence-corrected chi connectivity index (χ1v) is 5.25. The topological polar surface area (TPSA) is 57.5 Å². The SMILES string of the molecule is O=C(O)CCC(O)c1cc(F)c(Br)cc1F. The first kappa shape index (κ1) is 13.1. The lowest BCUT2D eigenvalue weighted by Crippen LogP contribution is -2.05. The van der Waals surface area contributed by atoms with Gasteiger partial charge in [0.25, 0.3) is 0 Å². The number of rotatable bonds is 4. The maximum absolute atomic E-state index is 13.3. The lowest BCUT2D eigenvalue weighted by Gasteiger charge is -2.11. The van der Waals surface area contributed by atoms with Crippen molar-refractivity contribution in [3.63, 3.8) is 0 Å². The molecule has 0 aliphatic carbocycles. The van der Waals surface area contributed by atoms with E-state index in [0.717, 1.165) is 12.1 Å². The predicted octanol–water partition coefficient (Wildman–Crippen LogP) is 2.63. The summed E-state index contributed by atoms with van der Waals surface area (Å²) in [5, 5.41) is 17.9. The summed E-state index contributed by atoms with van der Waals surface area (Å²) in [6, 6.07) is 1.75. The molecule has 1 atom stereocenters. The predicted molar refractivity (Wildman–Crippen MR) is 55.9 cm³/mol. The third-order valence-electron chi connectivity index (χ3n) is 2.03. The van der Waals surface area contributed by atoms with Gasteiger partial charge in [-0.3, -0.25) is 4.79 Å². The number of halogens is 3. The number of carboxylic acids is 1. The van der Waals surface area contributed by atoms with Gasteiger partial charge in [0.2, 0.25) is 0 Å². The summed E-state index contributed by atoms with van der Waals surface area (Å²) in [5.41, 5.74) is -0.234. The molecule has 0 saturated heterocycles. The Morgan fingerprint density at radius 2 is 2.00 bits per heavy atom. The van der Waals surface area contributed by atoms with Crippen LogP contribution in [0.4, 0.5) is 8.78 Å². The maximum Gasteiger partial charge on any atom is 0.303 e. The molecule has 0 spiro atoms. The zero-order chi connectivity index (χ0) is 12.3. The molecule has 0 saturated carbocycles. The van der Waals surface area contributed by atoms with E-state index in [9.17, 15) is 18.7 Å². The molecule has 6 heteroatoms. The zero-order valence-electron chi connectivity index (χ0n) is 8.08. The molecule has 0 amide bonds. The third-order valence-corrected chi connectivity index (χ3v) is 2.64. The van der Waals surface area contributed by atoms with Crippen molar-refractivity contribution in [1.82, 2.24) is 0 Å².